The molecule has 0 saturated heterocycles. The monoisotopic (exact) mass is 310 g/mol. The van der Waals surface area contributed by atoms with Crippen molar-refractivity contribution in [1.29, 1.82) is 0 Å². The SMILES string of the molecule is NC(c1ccc(F)c(Cl)c1)c1csc(C(F)(F)F)n1. The molecule has 1 aromatic carbocycles. The molecule has 19 heavy (non-hydrogen) atoms. The molecular weight excluding hydrogens is 304 g/mol. The van der Waals surface area contributed by atoms with Crippen LogP contribution < -0.4 is 5.73 Å². The summed E-state index contributed by atoms with van der Waals surface area (Å²) in [6.45, 7) is 0. The molecule has 2 rings (SSSR count). The summed E-state index contributed by atoms with van der Waals surface area (Å²) in [4.78, 5) is 3.44. The summed E-state index contributed by atoms with van der Waals surface area (Å²) in [6.07, 6.45) is -4.50. The topological polar surface area (TPSA) is 38.9 Å². The number of benzene rings is 1. The molecule has 0 aliphatic carbocycles. The fourth-order valence-corrected chi connectivity index (χ4v) is 2.35. The second-order valence-corrected chi connectivity index (χ2v) is 4.99. The Bertz CT molecular complexity index is 597. The third-order valence-electron chi connectivity index (χ3n) is 2.39. The van der Waals surface area contributed by atoms with E-state index < -0.39 is 23.0 Å². The molecule has 0 fully saturated rings. The van der Waals surface area contributed by atoms with Gasteiger partial charge in [-0.3, -0.25) is 0 Å². The summed E-state index contributed by atoms with van der Waals surface area (Å²) in [5.74, 6) is -0.619. The first-order chi connectivity index (χ1) is 8.79. The predicted octanol–water partition coefficient (Wildman–Crippen LogP) is 4.00. The van der Waals surface area contributed by atoms with Crippen LogP contribution in [0.2, 0.25) is 5.02 Å². The van der Waals surface area contributed by atoms with E-state index in [-0.39, 0.29) is 10.7 Å². The Balaban J connectivity index is 2.31. The third kappa shape index (κ3) is 3.05. The van der Waals surface area contributed by atoms with Crippen molar-refractivity contribution in [1.82, 2.24) is 4.98 Å². The number of halogens is 5. The highest BCUT2D eigenvalue weighted by molar-refractivity contribution is 7.09. The van der Waals surface area contributed by atoms with E-state index in [2.05, 4.69) is 4.98 Å². The van der Waals surface area contributed by atoms with Crippen molar-refractivity contribution in [3.8, 4) is 0 Å². The second-order valence-electron chi connectivity index (χ2n) is 3.73. The molecule has 8 heteroatoms. The second kappa shape index (κ2) is 5.07. The molecule has 0 spiro atoms. The van der Waals surface area contributed by atoms with Crippen LogP contribution in [0.3, 0.4) is 0 Å². The van der Waals surface area contributed by atoms with Crippen molar-refractivity contribution in [2.24, 2.45) is 5.73 Å². The number of hydrogen-bond donors (Lipinski definition) is 1. The molecule has 2 N–H and O–H groups in total. The molecule has 102 valence electrons. The zero-order chi connectivity index (χ0) is 14.2. The van der Waals surface area contributed by atoms with E-state index in [4.69, 9.17) is 17.3 Å². The zero-order valence-electron chi connectivity index (χ0n) is 9.21. The van der Waals surface area contributed by atoms with Gasteiger partial charge < -0.3 is 5.73 Å². The quantitative estimate of drug-likeness (QED) is 0.851. The van der Waals surface area contributed by atoms with Crippen LogP contribution in [-0.2, 0) is 6.18 Å². The maximum Gasteiger partial charge on any atom is 0.443 e. The van der Waals surface area contributed by atoms with Crippen LogP contribution in [0.1, 0.15) is 22.3 Å². The summed E-state index contributed by atoms with van der Waals surface area (Å²) in [5.41, 5.74) is 6.25. The Hall–Kier alpha value is -1.18. The minimum atomic E-state index is -4.50. The Morgan fingerprint density at radius 1 is 1.32 bits per heavy atom. The van der Waals surface area contributed by atoms with E-state index in [0.717, 1.165) is 6.07 Å². The highest BCUT2D eigenvalue weighted by atomic mass is 35.5. The molecule has 1 aromatic heterocycles. The highest BCUT2D eigenvalue weighted by Gasteiger charge is 2.35. The molecule has 0 aliphatic heterocycles. The van der Waals surface area contributed by atoms with E-state index in [1.807, 2.05) is 0 Å². The van der Waals surface area contributed by atoms with Crippen LogP contribution >= 0.6 is 22.9 Å². The van der Waals surface area contributed by atoms with Gasteiger partial charge in [0.25, 0.3) is 0 Å². The Labute approximate surface area is 114 Å². The van der Waals surface area contributed by atoms with E-state index >= 15 is 0 Å². The van der Waals surface area contributed by atoms with Gasteiger partial charge in [0.2, 0.25) is 0 Å². The molecule has 1 heterocycles. The molecule has 1 atom stereocenters. The maximum absolute atomic E-state index is 13.0. The van der Waals surface area contributed by atoms with E-state index in [1.165, 1.54) is 17.5 Å². The lowest BCUT2D eigenvalue weighted by molar-refractivity contribution is -0.137. The summed E-state index contributed by atoms with van der Waals surface area (Å²) < 4.78 is 50.3. The molecule has 1 unspecified atom stereocenters. The standard InChI is InChI=1S/C11H7ClF4N2S/c12-6-3-5(1-2-7(6)13)9(17)8-4-19-10(18-8)11(14,15)16/h1-4,9H,17H2. The van der Waals surface area contributed by atoms with Crippen LogP contribution in [0.15, 0.2) is 23.6 Å². The van der Waals surface area contributed by atoms with Crippen LogP contribution in [-0.4, -0.2) is 4.98 Å². The lowest BCUT2D eigenvalue weighted by atomic mass is 10.1. The van der Waals surface area contributed by atoms with Crippen molar-refractivity contribution in [2.45, 2.75) is 12.2 Å². The number of rotatable bonds is 2. The Morgan fingerprint density at radius 2 is 2.00 bits per heavy atom. The average Bonchev–Trinajstić information content (AvgIpc) is 2.81. The van der Waals surface area contributed by atoms with E-state index in [9.17, 15) is 17.6 Å². The molecule has 2 nitrogen and oxygen atoms in total. The van der Waals surface area contributed by atoms with Gasteiger partial charge in [-0.15, -0.1) is 11.3 Å². The van der Waals surface area contributed by atoms with Crippen molar-refractivity contribution >= 4 is 22.9 Å². The molecular formula is C11H7ClF4N2S. The van der Waals surface area contributed by atoms with Gasteiger partial charge in [-0.1, -0.05) is 17.7 Å². The minimum Gasteiger partial charge on any atom is -0.319 e. The summed E-state index contributed by atoms with van der Waals surface area (Å²) in [5, 5.41) is 0.121. The number of aromatic nitrogens is 1. The first-order valence-electron chi connectivity index (χ1n) is 5.02. The summed E-state index contributed by atoms with van der Waals surface area (Å²) >= 11 is 6.06. The Morgan fingerprint density at radius 3 is 2.53 bits per heavy atom. The third-order valence-corrected chi connectivity index (χ3v) is 3.58. The first kappa shape index (κ1) is 14.2. The molecule has 2 aromatic rings. The van der Waals surface area contributed by atoms with Gasteiger partial charge in [0.15, 0.2) is 5.01 Å². The number of thiazole rings is 1. The summed E-state index contributed by atoms with van der Waals surface area (Å²) in [6, 6.07) is 2.85. The molecule has 0 amide bonds. The lowest BCUT2D eigenvalue weighted by Crippen LogP contribution is -2.13. The Kier molecular flexibility index (Phi) is 3.80. The molecule has 0 aliphatic rings. The van der Waals surface area contributed by atoms with Crippen molar-refractivity contribution in [2.75, 3.05) is 0 Å². The van der Waals surface area contributed by atoms with Gasteiger partial charge in [-0.2, -0.15) is 13.2 Å². The number of nitrogens with two attached hydrogens (primary N) is 1. The fraction of sp³-hybridized carbons (Fsp3) is 0.182. The van der Waals surface area contributed by atoms with Crippen LogP contribution in [0, 0.1) is 5.82 Å². The molecule has 0 radical (unpaired) electrons. The van der Waals surface area contributed by atoms with Gasteiger partial charge in [0.05, 0.1) is 16.8 Å². The van der Waals surface area contributed by atoms with Crippen molar-refractivity contribution in [3.05, 3.63) is 50.7 Å². The van der Waals surface area contributed by atoms with Crippen molar-refractivity contribution < 1.29 is 17.6 Å². The minimum absolute atomic E-state index is 0.0694. The molecule has 0 saturated carbocycles. The number of hydrogen-bond acceptors (Lipinski definition) is 3. The zero-order valence-corrected chi connectivity index (χ0v) is 10.8. The van der Waals surface area contributed by atoms with Crippen LogP contribution in [0.4, 0.5) is 17.6 Å². The summed E-state index contributed by atoms with van der Waals surface area (Å²) in [7, 11) is 0. The number of nitrogens with zero attached hydrogens (tertiary/aromatic N) is 1. The number of alkyl halides is 3. The van der Waals surface area contributed by atoms with Crippen LogP contribution in [0.5, 0.6) is 0 Å². The molecule has 0 bridgehead atoms. The van der Waals surface area contributed by atoms with Gasteiger partial charge in [0, 0.05) is 5.38 Å². The van der Waals surface area contributed by atoms with Gasteiger partial charge in [0.1, 0.15) is 5.82 Å². The lowest BCUT2D eigenvalue weighted by Gasteiger charge is -2.10. The van der Waals surface area contributed by atoms with Gasteiger partial charge in [-0.05, 0) is 17.7 Å². The van der Waals surface area contributed by atoms with Crippen LogP contribution in [0.25, 0.3) is 0 Å². The van der Waals surface area contributed by atoms with Crippen molar-refractivity contribution in [3.63, 3.8) is 0 Å². The van der Waals surface area contributed by atoms with E-state index in [0.29, 0.717) is 16.9 Å². The largest absolute Gasteiger partial charge is 0.443 e. The van der Waals surface area contributed by atoms with Gasteiger partial charge in [-0.25, -0.2) is 9.37 Å². The van der Waals surface area contributed by atoms with E-state index in [1.54, 1.807) is 0 Å². The smallest absolute Gasteiger partial charge is 0.319 e. The fourth-order valence-electron chi connectivity index (χ4n) is 1.44. The highest BCUT2D eigenvalue weighted by Crippen LogP contribution is 2.33. The average molecular weight is 311 g/mol. The normalized spacial score (nSPS) is 13.6. The predicted molar refractivity (Wildman–Crippen MR) is 64.6 cm³/mol. The maximum atomic E-state index is 13.0. The first-order valence-corrected chi connectivity index (χ1v) is 6.28. The van der Waals surface area contributed by atoms with Gasteiger partial charge >= 0.3 is 6.18 Å².